The van der Waals surface area contributed by atoms with E-state index in [2.05, 4.69) is 10.1 Å². The number of alkyl halides is 3. The van der Waals surface area contributed by atoms with Gasteiger partial charge in [-0.05, 0) is 12.1 Å². The highest BCUT2D eigenvalue weighted by atomic mass is 19.4. The van der Waals surface area contributed by atoms with Crippen LogP contribution in [0.1, 0.15) is 21.7 Å². The number of carbonyl (C=O) groups excluding carboxylic acids is 1. The predicted molar refractivity (Wildman–Crippen MR) is 64.0 cm³/mol. The van der Waals surface area contributed by atoms with E-state index in [9.17, 15) is 18.0 Å². The summed E-state index contributed by atoms with van der Waals surface area (Å²) in [7, 11) is 0. The maximum absolute atomic E-state index is 12.7. The van der Waals surface area contributed by atoms with E-state index < -0.39 is 23.6 Å². The van der Waals surface area contributed by atoms with Gasteiger partial charge in [-0.1, -0.05) is 0 Å². The molecule has 0 saturated heterocycles. The highest BCUT2D eigenvalue weighted by Gasteiger charge is 2.33. The van der Waals surface area contributed by atoms with Gasteiger partial charge in [-0.2, -0.15) is 23.5 Å². The molecule has 2 aromatic heterocycles. The number of hydrogen-bond donors (Lipinski definition) is 2. The SMILES string of the molecule is N#Cc1ccc(C(F)(F)F)nc1-n1cc(N)c(C(N)=O)n1. The molecule has 7 nitrogen and oxygen atoms in total. The van der Waals surface area contributed by atoms with Crippen LogP contribution in [0.2, 0.25) is 0 Å². The smallest absolute Gasteiger partial charge is 0.396 e. The van der Waals surface area contributed by atoms with Gasteiger partial charge in [0.2, 0.25) is 0 Å². The van der Waals surface area contributed by atoms with Gasteiger partial charge >= 0.3 is 6.18 Å². The zero-order valence-corrected chi connectivity index (χ0v) is 10.2. The second-order valence-electron chi connectivity index (χ2n) is 3.92. The second kappa shape index (κ2) is 4.78. The number of rotatable bonds is 2. The third-order valence-corrected chi connectivity index (χ3v) is 2.48. The average Bonchev–Trinajstić information content (AvgIpc) is 2.79. The van der Waals surface area contributed by atoms with Crippen molar-refractivity contribution in [3.63, 3.8) is 0 Å². The number of carbonyl (C=O) groups is 1. The fraction of sp³-hybridized carbons (Fsp3) is 0.0909. The van der Waals surface area contributed by atoms with Crippen molar-refractivity contribution < 1.29 is 18.0 Å². The Labute approximate surface area is 115 Å². The number of nitriles is 1. The Kier molecular flexibility index (Phi) is 3.26. The van der Waals surface area contributed by atoms with Gasteiger partial charge in [0.25, 0.3) is 5.91 Å². The van der Waals surface area contributed by atoms with Gasteiger partial charge in [-0.3, -0.25) is 4.79 Å². The summed E-state index contributed by atoms with van der Waals surface area (Å²) in [6.45, 7) is 0. The number of anilines is 1. The Morgan fingerprint density at radius 1 is 1.38 bits per heavy atom. The van der Waals surface area contributed by atoms with Gasteiger partial charge in [-0.25, -0.2) is 9.67 Å². The molecule has 0 atom stereocenters. The largest absolute Gasteiger partial charge is 0.433 e. The second-order valence-corrected chi connectivity index (χ2v) is 3.92. The van der Waals surface area contributed by atoms with Crippen LogP contribution < -0.4 is 11.5 Å². The zero-order valence-electron chi connectivity index (χ0n) is 10.2. The summed E-state index contributed by atoms with van der Waals surface area (Å²) in [6.07, 6.45) is -3.63. The monoisotopic (exact) mass is 296 g/mol. The predicted octanol–water partition coefficient (Wildman–Crippen LogP) is 0.839. The first-order chi connectivity index (χ1) is 9.74. The molecule has 2 heterocycles. The molecule has 0 spiro atoms. The van der Waals surface area contributed by atoms with Crippen molar-refractivity contribution in [3.8, 4) is 11.9 Å². The molecular weight excluding hydrogens is 289 g/mol. The van der Waals surface area contributed by atoms with Gasteiger partial charge in [0.15, 0.2) is 11.5 Å². The maximum Gasteiger partial charge on any atom is 0.433 e. The van der Waals surface area contributed by atoms with E-state index >= 15 is 0 Å². The lowest BCUT2D eigenvalue weighted by Crippen LogP contribution is -2.15. The molecule has 0 aliphatic heterocycles. The fourth-order valence-electron chi connectivity index (χ4n) is 1.56. The van der Waals surface area contributed by atoms with Gasteiger partial charge in [0.05, 0.1) is 17.4 Å². The topological polar surface area (TPSA) is 124 Å². The van der Waals surface area contributed by atoms with Gasteiger partial charge in [-0.15, -0.1) is 0 Å². The van der Waals surface area contributed by atoms with Crippen molar-refractivity contribution in [2.45, 2.75) is 6.18 Å². The van der Waals surface area contributed by atoms with Crippen molar-refractivity contribution >= 4 is 11.6 Å². The molecule has 2 aromatic rings. The normalized spacial score (nSPS) is 11.1. The number of pyridine rings is 1. The van der Waals surface area contributed by atoms with Gasteiger partial charge < -0.3 is 11.5 Å². The fourth-order valence-corrected chi connectivity index (χ4v) is 1.56. The Balaban J connectivity index is 2.65. The lowest BCUT2D eigenvalue weighted by atomic mass is 10.2. The Hall–Kier alpha value is -3.09. The summed E-state index contributed by atoms with van der Waals surface area (Å²) in [5, 5.41) is 12.6. The third-order valence-electron chi connectivity index (χ3n) is 2.48. The van der Waals surface area contributed by atoms with Crippen LogP contribution in [-0.2, 0) is 6.18 Å². The number of halogens is 3. The van der Waals surface area contributed by atoms with Crippen molar-refractivity contribution in [1.29, 1.82) is 5.26 Å². The molecule has 1 amide bonds. The molecular formula is C11H7F3N6O. The van der Waals surface area contributed by atoms with Crippen LogP contribution in [-0.4, -0.2) is 20.7 Å². The summed E-state index contributed by atoms with van der Waals surface area (Å²) >= 11 is 0. The van der Waals surface area contributed by atoms with E-state index in [0.717, 1.165) is 16.9 Å². The number of primary amides is 1. The minimum absolute atomic E-state index is 0.134. The van der Waals surface area contributed by atoms with Gasteiger partial charge in [0.1, 0.15) is 11.8 Å². The van der Waals surface area contributed by atoms with E-state index in [1.165, 1.54) is 0 Å². The third kappa shape index (κ3) is 2.62. The number of nitrogens with two attached hydrogens (primary N) is 2. The highest BCUT2D eigenvalue weighted by Crippen LogP contribution is 2.29. The molecule has 0 bridgehead atoms. The Morgan fingerprint density at radius 3 is 2.52 bits per heavy atom. The Morgan fingerprint density at radius 2 is 2.05 bits per heavy atom. The number of nitrogen functional groups attached to an aromatic ring is 1. The first kappa shape index (κ1) is 14.3. The van der Waals surface area contributed by atoms with Crippen molar-refractivity contribution in [1.82, 2.24) is 14.8 Å². The van der Waals surface area contributed by atoms with Crippen LogP contribution in [0.25, 0.3) is 5.82 Å². The van der Waals surface area contributed by atoms with Crippen LogP contribution in [0.5, 0.6) is 0 Å². The minimum atomic E-state index is -4.69. The minimum Gasteiger partial charge on any atom is -0.396 e. The number of nitrogens with zero attached hydrogens (tertiary/aromatic N) is 4. The van der Waals surface area contributed by atoms with Crippen LogP contribution >= 0.6 is 0 Å². The quantitative estimate of drug-likeness (QED) is 0.849. The van der Waals surface area contributed by atoms with Gasteiger partial charge in [0, 0.05) is 0 Å². The van der Waals surface area contributed by atoms with Crippen LogP contribution in [0.4, 0.5) is 18.9 Å². The number of amides is 1. The number of aromatic nitrogens is 3. The summed E-state index contributed by atoms with van der Waals surface area (Å²) in [4.78, 5) is 14.4. The molecule has 0 unspecified atom stereocenters. The van der Waals surface area contributed by atoms with Crippen molar-refractivity contribution in [3.05, 3.63) is 35.3 Å². The molecule has 0 fully saturated rings. The van der Waals surface area contributed by atoms with Crippen molar-refractivity contribution in [2.24, 2.45) is 5.73 Å². The standard InChI is InChI=1S/C11H7F3N6O/c12-11(13,14)7-2-1-5(3-15)10(18-7)20-4-6(16)8(19-20)9(17)21/h1-2,4H,16H2,(H2,17,21). The lowest BCUT2D eigenvalue weighted by Gasteiger charge is -2.08. The molecule has 0 aliphatic rings. The van der Waals surface area contributed by atoms with Crippen LogP contribution in [0.15, 0.2) is 18.3 Å². The summed E-state index contributed by atoms with van der Waals surface area (Å²) in [6, 6.07) is 3.30. The summed E-state index contributed by atoms with van der Waals surface area (Å²) < 4.78 is 38.8. The first-order valence-electron chi connectivity index (χ1n) is 5.37. The first-order valence-corrected chi connectivity index (χ1v) is 5.37. The average molecular weight is 296 g/mol. The molecule has 21 heavy (non-hydrogen) atoms. The molecule has 0 saturated carbocycles. The van der Waals surface area contributed by atoms with Crippen LogP contribution in [0.3, 0.4) is 0 Å². The molecule has 0 aromatic carbocycles. The summed E-state index contributed by atoms with van der Waals surface area (Å²) in [5.74, 6) is -1.34. The highest BCUT2D eigenvalue weighted by molar-refractivity contribution is 5.95. The molecule has 108 valence electrons. The molecule has 10 heteroatoms. The summed E-state index contributed by atoms with van der Waals surface area (Å²) in [5.41, 5.74) is 8.67. The molecule has 0 aliphatic carbocycles. The van der Waals surface area contributed by atoms with E-state index in [-0.39, 0.29) is 16.9 Å². The Bertz CT molecular complexity index is 758. The van der Waals surface area contributed by atoms with E-state index in [1.807, 2.05) is 0 Å². The molecule has 0 radical (unpaired) electrons. The van der Waals surface area contributed by atoms with E-state index in [4.69, 9.17) is 16.7 Å². The van der Waals surface area contributed by atoms with E-state index in [1.54, 1.807) is 6.07 Å². The van der Waals surface area contributed by atoms with E-state index in [0.29, 0.717) is 6.07 Å². The molecule has 4 N–H and O–H groups in total. The lowest BCUT2D eigenvalue weighted by molar-refractivity contribution is -0.141. The van der Waals surface area contributed by atoms with Crippen molar-refractivity contribution in [2.75, 3.05) is 5.73 Å². The maximum atomic E-state index is 12.7. The molecule has 2 rings (SSSR count). The van der Waals surface area contributed by atoms with Crippen LogP contribution in [0, 0.1) is 11.3 Å². The zero-order chi connectivity index (χ0) is 15.8. The number of hydrogen-bond acceptors (Lipinski definition) is 5.